The van der Waals surface area contributed by atoms with Gasteiger partial charge in [0.1, 0.15) is 30.3 Å². The molecule has 0 unspecified atom stereocenters. The Morgan fingerprint density at radius 2 is 2.03 bits per heavy atom. The molecule has 0 amide bonds. The van der Waals surface area contributed by atoms with Crippen molar-refractivity contribution in [2.45, 2.75) is 25.3 Å². The molecule has 8 heteroatoms. The van der Waals surface area contributed by atoms with Gasteiger partial charge in [0.25, 0.3) is 5.01 Å². The van der Waals surface area contributed by atoms with Gasteiger partial charge in [-0.25, -0.2) is 4.39 Å². The average Bonchev–Trinajstić information content (AvgIpc) is 3.30. The van der Waals surface area contributed by atoms with Gasteiger partial charge in [-0.15, -0.1) is 0 Å². The maximum atomic E-state index is 12.5. The molecule has 1 aliphatic heterocycles. The van der Waals surface area contributed by atoms with Gasteiger partial charge in [0, 0.05) is 17.5 Å². The molecule has 0 radical (unpaired) electrons. The number of halogens is 1. The number of aliphatic hydroxyl groups excluding tert-OH is 2. The van der Waals surface area contributed by atoms with Crippen LogP contribution in [0, 0.1) is 6.92 Å². The second-order valence-corrected chi connectivity index (χ2v) is 9.93. The average molecular weight is 487 g/mol. The van der Waals surface area contributed by atoms with Crippen LogP contribution in [0.1, 0.15) is 17.5 Å². The van der Waals surface area contributed by atoms with E-state index in [1.54, 1.807) is 23.1 Å². The Labute approximate surface area is 201 Å². The molecule has 174 valence electrons. The number of rotatable bonds is 9. The number of hydrogen-bond donors (Lipinski definition) is 2. The molecule has 0 saturated carbocycles. The van der Waals surface area contributed by atoms with Crippen LogP contribution in [0.15, 0.2) is 58.0 Å². The van der Waals surface area contributed by atoms with Gasteiger partial charge < -0.3 is 19.8 Å². The van der Waals surface area contributed by atoms with Crippen LogP contribution in [0.5, 0.6) is 5.75 Å². The van der Waals surface area contributed by atoms with Crippen LogP contribution < -0.4 is 14.2 Å². The van der Waals surface area contributed by atoms with E-state index >= 15 is 0 Å². The third kappa shape index (κ3) is 5.24. The first kappa shape index (κ1) is 23.8. The van der Waals surface area contributed by atoms with Crippen molar-refractivity contribution in [1.82, 2.24) is 0 Å². The summed E-state index contributed by atoms with van der Waals surface area (Å²) in [6, 6.07) is 12.1. The van der Waals surface area contributed by atoms with E-state index in [-0.39, 0.29) is 19.8 Å². The lowest BCUT2D eigenvalue weighted by Gasteiger charge is -2.19. The molecule has 5 nitrogen and oxygen atoms in total. The van der Waals surface area contributed by atoms with Crippen molar-refractivity contribution in [2.75, 3.05) is 37.9 Å². The molecular formula is C25H28FN2O3S2+. The third-order valence-electron chi connectivity index (χ3n) is 5.28. The molecule has 1 aromatic heterocycles. The quantitative estimate of drug-likeness (QED) is 0.430. The molecule has 0 spiro atoms. The minimum absolute atomic E-state index is 0.0157. The number of allylic oxidation sites excluding steroid dienone is 2. The fourth-order valence-corrected chi connectivity index (χ4v) is 6.20. The Kier molecular flexibility index (Phi) is 7.70. The smallest absolute Gasteiger partial charge is 0.263 e. The van der Waals surface area contributed by atoms with E-state index in [0.717, 1.165) is 31.5 Å². The van der Waals surface area contributed by atoms with Crippen LogP contribution in [-0.2, 0) is 6.54 Å². The monoisotopic (exact) mass is 486 g/mol. The highest BCUT2D eigenvalue weighted by Gasteiger charge is 2.25. The number of β-amino-alcohol motifs (C(OH)–C–C–N with tert-alkyl or cyclic N) is 1. The number of alkyl halides is 1. The largest absolute Gasteiger partial charge is 0.491 e. The summed E-state index contributed by atoms with van der Waals surface area (Å²) in [5, 5.41) is 21.4. The van der Waals surface area contributed by atoms with Gasteiger partial charge in [-0.05, 0) is 55.3 Å². The second-order valence-electron chi connectivity index (χ2n) is 7.80. The van der Waals surface area contributed by atoms with E-state index in [2.05, 4.69) is 53.7 Å². The molecule has 0 aliphatic carbocycles. The Morgan fingerprint density at radius 1 is 1.18 bits per heavy atom. The number of aromatic nitrogens is 1. The highest BCUT2D eigenvalue weighted by molar-refractivity contribution is 8.03. The molecule has 3 aromatic rings. The maximum absolute atomic E-state index is 12.5. The molecular weight excluding hydrogens is 458 g/mol. The fraction of sp³-hybridized carbons (Fsp3) is 0.320. The number of thioether (sulfide) groups is 1. The Hall–Kier alpha value is -2.39. The molecule has 1 aliphatic rings. The van der Waals surface area contributed by atoms with Gasteiger partial charge in [-0.3, -0.25) is 0 Å². The standard InChI is InChI=1S/C25H28FN2O3S2/c1-17-3-5-22-20(13-17)27(8-10-29)24(32-22)14-18(2)15-25-28(9-11-30)21-16-19(31-12-7-26)4-6-23(21)33-25/h3-6,13-16,29-30H,7-12H2,1-2H3/q+1/i26-1. The molecule has 0 bridgehead atoms. The first-order valence-electron chi connectivity index (χ1n) is 10.9. The van der Waals surface area contributed by atoms with Crippen LogP contribution >= 0.6 is 23.1 Å². The summed E-state index contributed by atoms with van der Waals surface area (Å²) in [4.78, 5) is 3.34. The molecule has 33 heavy (non-hydrogen) atoms. The predicted molar refractivity (Wildman–Crippen MR) is 134 cm³/mol. The predicted octanol–water partition coefficient (Wildman–Crippen LogP) is 4.69. The van der Waals surface area contributed by atoms with Gasteiger partial charge in [0.2, 0.25) is 5.52 Å². The normalized spacial score (nSPS) is 15.0. The summed E-state index contributed by atoms with van der Waals surface area (Å²) in [7, 11) is 0. The van der Waals surface area contributed by atoms with Gasteiger partial charge in [-0.1, -0.05) is 29.2 Å². The first-order chi connectivity index (χ1) is 16.0. The zero-order valence-corrected chi connectivity index (χ0v) is 20.4. The van der Waals surface area contributed by atoms with Crippen LogP contribution in [0.25, 0.3) is 16.3 Å². The van der Waals surface area contributed by atoms with Gasteiger partial charge in [0.15, 0.2) is 6.54 Å². The summed E-state index contributed by atoms with van der Waals surface area (Å²) >= 11 is 3.34. The number of anilines is 1. The van der Waals surface area contributed by atoms with Crippen molar-refractivity contribution in [3.8, 4) is 5.75 Å². The van der Waals surface area contributed by atoms with E-state index in [1.165, 1.54) is 10.5 Å². The van der Waals surface area contributed by atoms with Crippen LogP contribution in [-0.4, -0.2) is 43.3 Å². The molecule has 0 fully saturated rings. The highest BCUT2D eigenvalue weighted by Crippen LogP contribution is 2.46. The Bertz CT molecular complexity index is 1210. The molecule has 2 heterocycles. The molecule has 0 atom stereocenters. The molecule has 2 N–H and O–H groups in total. The fourth-order valence-electron chi connectivity index (χ4n) is 3.85. The van der Waals surface area contributed by atoms with Crippen molar-refractivity contribution in [3.05, 3.63) is 63.6 Å². The number of benzene rings is 2. The van der Waals surface area contributed by atoms with Crippen LogP contribution in [0.4, 0.5) is 10.1 Å². The van der Waals surface area contributed by atoms with Crippen molar-refractivity contribution in [3.63, 3.8) is 0 Å². The summed E-state index contributed by atoms with van der Waals surface area (Å²) in [6.07, 6.45) is 4.25. The number of aryl methyl sites for hydroxylation is 1. The highest BCUT2D eigenvalue weighted by atomic mass is 32.2. The number of thiazole rings is 1. The van der Waals surface area contributed by atoms with E-state index < -0.39 is 6.67 Å². The molecule has 2 aromatic carbocycles. The first-order valence-corrected chi connectivity index (χ1v) is 12.5. The van der Waals surface area contributed by atoms with Crippen molar-refractivity contribution in [2.24, 2.45) is 0 Å². The van der Waals surface area contributed by atoms with E-state index in [9.17, 15) is 14.6 Å². The minimum atomic E-state index is -0.533. The zero-order chi connectivity index (χ0) is 23.4. The summed E-state index contributed by atoms with van der Waals surface area (Å²) < 4.78 is 21.1. The van der Waals surface area contributed by atoms with E-state index in [1.807, 2.05) is 18.2 Å². The lowest BCUT2D eigenvalue weighted by Crippen LogP contribution is -2.36. The summed E-state index contributed by atoms with van der Waals surface area (Å²) in [5.41, 5.74) is 4.34. The number of nitrogens with zero attached hydrogens (tertiary/aromatic N) is 2. The second kappa shape index (κ2) is 10.7. The number of fused-ring (bicyclic) bond motifs is 2. The maximum Gasteiger partial charge on any atom is 0.263 e. The lowest BCUT2D eigenvalue weighted by atomic mass is 10.2. The van der Waals surface area contributed by atoms with Gasteiger partial charge >= 0.3 is 0 Å². The third-order valence-corrected chi connectivity index (χ3v) is 7.51. The topological polar surface area (TPSA) is 56.8 Å². The van der Waals surface area contributed by atoms with Crippen LogP contribution in [0.2, 0.25) is 0 Å². The number of ether oxygens (including phenoxy) is 1. The van der Waals surface area contributed by atoms with Crippen molar-refractivity contribution >= 4 is 45.1 Å². The van der Waals surface area contributed by atoms with Crippen molar-refractivity contribution < 1.29 is 23.9 Å². The van der Waals surface area contributed by atoms with Gasteiger partial charge in [0.05, 0.1) is 23.4 Å². The Balaban J connectivity index is 1.68. The lowest BCUT2D eigenvalue weighted by molar-refractivity contribution is -0.670. The summed E-state index contributed by atoms with van der Waals surface area (Å²) in [6.45, 7) is 4.71. The Morgan fingerprint density at radius 3 is 2.79 bits per heavy atom. The SMILES string of the molecule is CC(/C=C1\Sc2ccc(C)cc2N1CCO)=C\c1sc2ccc(OCC[18F])cc2[n+]1CCO. The van der Waals surface area contributed by atoms with E-state index in [0.29, 0.717) is 18.8 Å². The van der Waals surface area contributed by atoms with E-state index in [4.69, 9.17) is 4.74 Å². The zero-order valence-electron chi connectivity index (χ0n) is 18.8. The van der Waals surface area contributed by atoms with Crippen LogP contribution in [0.3, 0.4) is 0 Å². The molecule has 4 rings (SSSR count). The molecule has 0 saturated heterocycles. The van der Waals surface area contributed by atoms with Crippen molar-refractivity contribution in [1.29, 1.82) is 0 Å². The number of hydrogen-bond acceptors (Lipinski definition) is 6. The van der Waals surface area contributed by atoms with Gasteiger partial charge in [-0.2, -0.15) is 4.57 Å². The minimum Gasteiger partial charge on any atom is -0.491 e. The summed E-state index contributed by atoms with van der Waals surface area (Å²) in [5.74, 6) is 0.620. The number of aliphatic hydroxyl groups is 2.